The van der Waals surface area contributed by atoms with Crippen LogP contribution in [0.5, 0.6) is 5.75 Å². The Labute approximate surface area is 141 Å². The van der Waals surface area contributed by atoms with Crippen molar-refractivity contribution < 1.29 is 4.74 Å². The topological polar surface area (TPSA) is 21.3 Å². The first-order valence-corrected chi connectivity index (χ1v) is 8.83. The van der Waals surface area contributed by atoms with Crippen molar-refractivity contribution in [3.05, 3.63) is 53.0 Å². The minimum Gasteiger partial charge on any atom is -0.493 e. The SMILES string of the molecule is Brc1ccc(OCCC2CCCCN2)c(-c2ccccc2)c1. The summed E-state index contributed by atoms with van der Waals surface area (Å²) >= 11 is 3.56. The highest BCUT2D eigenvalue weighted by Crippen LogP contribution is 2.32. The molecule has 0 bridgehead atoms. The first-order valence-electron chi connectivity index (χ1n) is 8.04. The third-order valence-corrected chi connectivity index (χ3v) is 4.66. The highest BCUT2D eigenvalue weighted by Gasteiger charge is 2.13. The van der Waals surface area contributed by atoms with Crippen molar-refractivity contribution in [1.82, 2.24) is 5.32 Å². The van der Waals surface area contributed by atoms with E-state index in [2.05, 4.69) is 57.6 Å². The van der Waals surface area contributed by atoms with Crippen molar-refractivity contribution in [2.45, 2.75) is 31.7 Å². The molecule has 0 aromatic heterocycles. The second-order valence-electron chi connectivity index (χ2n) is 5.79. The Bertz CT molecular complexity index is 594. The molecule has 2 aromatic carbocycles. The zero-order chi connectivity index (χ0) is 15.2. The molecule has 1 atom stereocenters. The average Bonchev–Trinajstić information content (AvgIpc) is 2.58. The molecule has 0 amide bonds. The number of rotatable bonds is 5. The predicted octanol–water partition coefficient (Wildman–Crippen LogP) is 5.03. The van der Waals surface area contributed by atoms with Crippen LogP contribution in [-0.2, 0) is 0 Å². The van der Waals surface area contributed by atoms with Crippen LogP contribution < -0.4 is 10.1 Å². The molecule has 2 nitrogen and oxygen atoms in total. The number of hydrogen-bond acceptors (Lipinski definition) is 2. The van der Waals surface area contributed by atoms with Crippen LogP contribution in [0.25, 0.3) is 11.1 Å². The maximum absolute atomic E-state index is 6.09. The molecule has 3 rings (SSSR count). The quantitative estimate of drug-likeness (QED) is 0.808. The molecule has 1 aliphatic rings. The molecule has 1 heterocycles. The fourth-order valence-electron chi connectivity index (χ4n) is 2.95. The van der Waals surface area contributed by atoms with E-state index in [9.17, 15) is 0 Å². The lowest BCUT2D eigenvalue weighted by atomic mass is 10.0. The molecule has 1 fully saturated rings. The van der Waals surface area contributed by atoms with Gasteiger partial charge in [-0.1, -0.05) is 52.7 Å². The number of hydrogen-bond donors (Lipinski definition) is 1. The molecule has 0 saturated carbocycles. The zero-order valence-corrected chi connectivity index (χ0v) is 14.3. The monoisotopic (exact) mass is 359 g/mol. The lowest BCUT2D eigenvalue weighted by molar-refractivity contribution is 0.269. The van der Waals surface area contributed by atoms with E-state index in [0.717, 1.165) is 35.4 Å². The van der Waals surface area contributed by atoms with Gasteiger partial charge in [-0.05, 0) is 49.6 Å². The van der Waals surface area contributed by atoms with E-state index in [-0.39, 0.29) is 0 Å². The summed E-state index contributed by atoms with van der Waals surface area (Å²) in [5.41, 5.74) is 2.33. The fraction of sp³-hybridized carbons (Fsp3) is 0.368. The first-order chi connectivity index (χ1) is 10.8. The Hall–Kier alpha value is -1.32. The van der Waals surface area contributed by atoms with Crippen LogP contribution >= 0.6 is 15.9 Å². The normalized spacial score (nSPS) is 18.1. The number of ether oxygens (including phenoxy) is 1. The van der Waals surface area contributed by atoms with Gasteiger partial charge in [0.1, 0.15) is 5.75 Å². The van der Waals surface area contributed by atoms with Gasteiger partial charge in [-0.25, -0.2) is 0 Å². The maximum atomic E-state index is 6.09. The van der Waals surface area contributed by atoms with Crippen molar-refractivity contribution in [3.63, 3.8) is 0 Å². The largest absolute Gasteiger partial charge is 0.493 e. The minimum atomic E-state index is 0.615. The average molecular weight is 360 g/mol. The van der Waals surface area contributed by atoms with E-state index in [4.69, 9.17) is 4.74 Å². The van der Waals surface area contributed by atoms with Crippen molar-refractivity contribution in [2.75, 3.05) is 13.2 Å². The lowest BCUT2D eigenvalue weighted by Crippen LogP contribution is -2.35. The van der Waals surface area contributed by atoms with Crippen LogP contribution in [0, 0.1) is 0 Å². The van der Waals surface area contributed by atoms with Gasteiger partial charge in [-0.3, -0.25) is 0 Å². The van der Waals surface area contributed by atoms with E-state index >= 15 is 0 Å². The lowest BCUT2D eigenvalue weighted by Gasteiger charge is -2.23. The van der Waals surface area contributed by atoms with E-state index in [1.165, 1.54) is 24.8 Å². The van der Waals surface area contributed by atoms with Crippen molar-refractivity contribution in [3.8, 4) is 16.9 Å². The third-order valence-electron chi connectivity index (χ3n) is 4.16. The molecule has 1 saturated heterocycles. The van der Waals surface area contributed by atoms with Gasteiger partial charge in [0.2, 0.25) is 0 Å². The van der Waals surface area contributed by atoms with Crippen LogP contribution in [0.15, 0.2) is 53.0 Å². The molecule has 0 spiro atoms. The van der Waals surface area contributed by atoms with Crippen molar-refractivity contribution >= 4 is 15.9 Å². The molecule has 1 aliphatic heterocycles. The van der Waals surface area contributed by atoms with Gasteiger partial charge in [0.15, 0.2) is 0 Å². The fourth-order valence-corrected chi connectivity index (χ4v) is 3.31. The second kappa shape index (κ2) is 7.80. The van der Waals surface area contributed by atoms with E-state index in [1.54, 1.807) is 0 Å². The summed E-state index contributed by atoms with van der Waals surface area (Å²) in [6, 6.07) is 17.2. The van der Waals surface area contributed by atoms with Crippen molar-refractivity contribution in [2.24, 2.45) is 0 Å². The summed E-state index contributed by atoms with van der Waals surface area (Å²) in [5, 5.41) is 3.57. The van der Waals surface area contributed by atoms with Gasteiger partial charge < -0.3 is 10.1 Å². The number of benzene rings is 2. The first kappa shape index (κ1) is 15.6. The minimum absolute atomic E-state index is 0.615. The van der Waals surface area contributed by atoms with Crippen LogP contribution in [0.3, 0.4) is 0 Å². The molecular weight excluding hydrogens is 338 g/mol. The molecule has 22 heavy (non-hydrogen) atoms. The molecule has 1 N–H and O–H groups in total. The molecule has 116 valence electrons. The highest BCUT2D eigenvalue weighted by atomic mass is 79.9. The van der Waals surface area contributed by atoms with E-state index in [0.29, 0.717) is 6.04 Å². The Morgan fingerprint density at radius 3 is 2.73 bits per heavy atom. The van der Waals surface area contributed by atoms with Crippen LogP contribution in [-0.4, -0.2) is 19.2 Å². The van der Waals surface area contributed by atoms with Gasteiger partial charge in [-0.2, -0.15) is 0 Å². The molecule has 1 unspecified atom stereocenters. The van der Waals surface area contributed by atoms with Gasteiger partial charge in [0.05, 0.1) is 6.61 Å². The molecular formula is C19H22BrNO. The van der Waals surface area contributed by atoms with E-state index < -0.39 is 0 Å². The summed E-state index contributed by atoms with van der Waals surface area (Å²) in [6.45, 7) is 1.91. The number of halogens is 1. The summed E-state index contributed by atoms with van der Waals surface area (Å²) in [5.74, 6) is 0.963. The summed E-state index contributed by atoms with van der Waals surface area (Å²) in [6.07, 6.45) is 4.99. The maximum Gasteiger partial charge on any atom is 0.127 e. The zero-order valence-electron chi connectivity index (χ0n) is 12.7. The Balaban J connectivity index is 1.68. The van der Waals surface area contributed by atoms with Gasteiger partial charge >= 0.3 is 0 Å². The van der Waals surface area contributed by atoms with E-state index in [1.807, 2.05) is 12.1 Å². The number of piperidine rings is 1. The van der Waals surface area contributed by atoms with Crippen LogP contribution in [0.2, 0.25) is 0 Å². The third kappa shape index (κ3) is 4.11. The standard InChI is InChI=1S/C19H22BrNO/c20-16-9-10-19(18(14-16)15-6-2-1-3-7-15)22-13-11-17-8-4-5-12-21-17/h1-3,6-7,9-10,14,17,21H,4-5,8,11-13H2. The van der Waals surface area contributed by atoms with Gasteiger partial charge in [-0.15, -0.1) is 0 Å². The highest BCUT2D eigenvalue weighted by molar-refractivity contribution is 9.10. The second-order valence-corrected chi connectivity index (χ2v) is 6.71. The molecule has 3 heteroatoms. The number of nitrogens with one attached hydrogen (secondary N) is 1. The van der Waals surface area contributed by atoms with Gasteiger partial charge in [0.25, 0.3) is 0 Å². The Morgan fingerprint density at radius 1 is 1.09 bits per heavy atom. The molecule has 0 aliphatic carbocycles. The van der Waals surface area contributed by atoms with Crippen LogP contribution in [0.1, 0.15) is 25.7 Å². The molecule has 2 aromatic rings. The molecule has 0 radical (unpaired) electrons. The van der Waals surface area contributed by atoms with Crippen LogP contribution in [0.4, 0.5) is 0 Å². The van der Waals surface area contributed by atoms with Gasteiger partial charge in [0, 0.05) is 16.1 Å². The predicted molar refractivity (Wildman–Crippen MR) is 95.3 cm³/mol. The smallest absolute Gasteiger partial charge is 0.127 e. The summed E-state index contributed by atoms with van der Waals surface area (Å²) in [7, 11) is 0. The summed E-state index contributed by atoms with van der Waals surface area (Å²) < 4.78 is 7.16. The Morgan fingerprint density at radius 2 is 1.95 bits per heavy atom. The Kier molecular flexibility index (Phi) is 5.52. The van der Waals surface area contributed by atoms with Crippen molar-refractivity contribution in [1.29, 1.82) is 0 Å². The summed E-state index contributed by atoms with van der Waals surface area (Å²) in [4.78, 5) is 0.